The molecule has 0 bridgehead atoms. The third kappa shape index (κ3) is 3.34. The highest BCUT2D eigenvalue weighted by atomic mass is 32.2. The van der Waals surface area contributed by atoms with E-state index in [-0.39, 0.29) is 11.7 Å². The molecular weight excluding hydrogens is 276 g/mol. The maximum Gasteiger partial charge on any atom is 0.241 e. The van der Waals surface area contributed by atoms with Crippen molar-refractivity contribution >= 4 is 15.9 Å². The summed E-state index contributed by atoms with van der Waals surface area (Å²) in [6.45, 7) is 6.12. The lowest BCUT2D eigenvalue weighted by molar-refractivity contribution is -0.135. The van der Waals surface area contributed by atoms with E-state index in [4.69, 9.17) is 0 Å². The van der Waals surface area contributed by atoms with Gasteiger partial charge < -0.3 is 4.90 Å². The third-order valence-electron chi connectivity index (χ3n) is 4.40. The average molecular weight is 302 g/mol. The molecule has 0 aliphatic carbocycles. The van der Waals surface area contributed by atoms with Crippen molar-refractivity contribution in [3.8, 4) is 0 Å². The first-order chi connectivity index (χ1) is 9.45. The molecule has 1 amide bonds. The first kappa shape index (κ1) is 15.8. The van der Waals surface area contributed by atoms with Gasteiger partial charge >= 0.3 is 0 Å². The van der Waals surface area contributed by atoms with E-state index in [2.05, 4.69) is 6.92 Å². The molecule has 6 heteroatoms. The molecule has 2 fully saturated rings. The van der Waals surface area contributed by atoms with Gasteiger partial charge in [0.1, 0.15) is 6.04 Å². The summed E-state index contributed by atoms with van der Waals surface area (Å²) in [5, 5.41) is 0. The first-order valence-corrected chi connectivity index (χ1v) is 9.35. The van der Waals surface area contributed by atoms with Crippen LogP contribution in [0.4, 0.5) is 0 Å². The molecule has 116 valence electrons. The molecule has 20 heavy (non-hydrogen) atoms. The first-order valence-electron chi connectivity index (χ1n) is 7.74. The normalized spacial score (nSPS) is 26.1. The summed E-state index contributed by atoms with van der Waals surface area (Å²) in [4.78, 5) is 14.5. The molecule has 2 heterocycles. The molecular formula is C14H26N2O3S. The SMILES string of the molecule is CCCS(=O)(=O)N1CCCC1C(=O)N1CCC(C)CC1. The van der Waals surface area contributed by atoms with Gasteiger partial charge in [-0.25, -0.2) is 8.42 Å². The largest absolute Gasteiger partial charge is 0.341 e. The van der Waals surface area contributed by atoms with E-state index in [9.17, 15) is 13.2 Å². The minimum atomic E-state index is -3.27. The average Bonchev–Trinajstić information content (AvgIpc) is 2.88. The quantitative estimate of drug-likeness (QED) is 0.790. The fourth-order valence-corrected chi connectivity index (χ4v) is 4.88. The number of carbonyl (C=O) groups is 1. The summed E-state index contributed by atoms with van der Waals surface area (Å²) >= 11 is 0. The van der Waals surface area contributed by atoms with Crippen LogP contribution in [0.3, 0.4) is 0 Å². The van der Waals surface area contributed by atoms with Gasteiger partial charge in [-0.2, -0.15) is 4.31 Å². The van der Waals surface area contributed by atoms with E-state index < -0.39 is 16.1 Å². The summed E-state index contributed by atoms with van der Waals surface area (Å²) in [6.07, 6.45) is 4.12. The third-order valence-corrected chi connectivity index (χ3v) is 6.48. The second-order valence-electron chi connectivity index (χ2n) is 6.09. The smallest absolute Gasteiger partial charge is 0.241 e. The predicted octanol–water partition coefficient (Wildman–Crippen LogP) is 1.45. The molecule has 2 rings (SSSR count). The van der Waals surface area contributed by atoms with Crippen molar-refractivity contribution in [2.45, 2.75) is 52.0 Å². The molecule has 1 unspecified atom stereocenters. The van der Waals surface area contributed by atoms with Gasteiger partial charge in [-0.15, -0.1) is 0 Å². The van der Waals surface area contributed by atoms with Crippen molar-refractivity contribution < 1.29 is 13.2 Å². The van der Waals surface area contributed by atoms with Crippen LogP contribution in [0.25, 0.3) is 0 Å². The number of hydrogen-bond donors (Lipinski definition) is 0. The van der Waals surface area contributed by atoms with Crippen molar-refractivity contribution in [2.75, 3.05) is 25.4 Å². The van der Waals surface area contributed by atoms with Gasteiger partial charge in [0, 0.05) is 19.6 Å². The Morgan fingerprint density at radius 1 is 1.15 bits per heavy atom. The Morgan fingerprint density at radius 3 is 2.40 bits per heavy atom. The summed E-state index contributed by atoms with van der Waals surface area (Å²) < 4.78 is 25.9. The van der Waals surface area contributed by atoms with E-state index >= 15 is 0 Å². The fraction of sp³-hybridized carbons (Fsp3) is 0.929. The van der Waals surface area contributed by atoms with Gasteiger partial charge in [-0.1, -0.05) is 13.8 Å². The number of piperidine rings is 1. The Labute approximate surface area is 122 Å². The van der Waals surface area contributed by atoms with E-state index in [1.807, 2.05) is 11.8 Å². The van der Waals surface area contributed by atoms with Crippen molar-refractivity contribution in [1.82, 2.24) is 9.21 Å². The van der Waals surface area contributed by atoms with Crippen molar-refractivity contribution in [3.63, 3.8) is 0 Å². The topological polar surface area (TPSA) is 57.7 Å². The second kappa shape index (κ2) is 6.43. The van der Waals surface area contributed by atoms with Gasteiger partial charge in [0.25, 0.3) is 0 Å². The van der Waals surface area contributed by atoms with Crippen molar-refractivity contribution in [2.24, 2.45) is 5.92 Å². The Balaban J connectivity index is 2.05. The van der Waals surface area contributed by atoms with E-state index in [0.717, 1.165) is 32.4 Å². The number of carbonyl (C=O) groups excluding carboxylic acids is 1. The van der Waals surface area contributed by atoms with Crippen molar-refractivity contribution in [1.29, 1.82) is 0 Å². The van der Waals surface area contributed by atoms with Crippen LogP contribution in [0.1, 0.15) is 46.0 Å². The number of hydrogen-bond acceptors (Lipinski definition) is 3. The fourth-order valence-electron chi connectivity index (χ4n) is 3.13. The zero-order valence-corrected chi connectivity index (χ0v) is 13.4. The minimum absolute atomic E-state index is 0.0223. The number of amides is 1. The lowest BCUT2D eigenvalue weighted by atomic mass is 9.98. The lowest BCUT2D eigenvalue weighted by Gasteiger charge is -2.34. The second-order valence-corrected chi connectivity index (χ2v) is 8.13. The number of rotatable bonds is 4. The van der Waals surface area contributed by atoms with Gasteiger partial charge in [0.2, 0.25) is 15.9 Å². The molecule has 0 aromatic rings. The van der Waals surface area contributed by atoms with E-state index in [0.29, 0.717) is 25.3 Å². The summed E-state index contributed by atoms with van der Waals surface area (Å²) in [6, 6.07) is -0.444. The standard InChI is InChI=1S/C14H26N2O3S/c1-3-11-20(18,19)16-8-4-5-13(16)14(17)15-9-6-12(2)7-10-15/h12-13H,3-11H2,1-2H3. The summed E-state index contributed by atoms with van der Waals surface area (Å²) in [5.74, 6) is 0.838. The molecule has 0 N–H and O–H groups in total. The summed E-state index contributed by atoms with van der Waals surface area (Å²) in [5.41, 5.74) is 0. The molecule has 1 atom stereocenters. The molecule has 0 aromatic heterocycles. The Bertz CT molecular complexity index is 441. The molecule has 0 aromatic carbocycles. The minimum Gasteiger partial charge on any atom is -0.341 e. The van der Waals surface area contributed by atoms with Gasteiger partial charge in [-0.05, 0) is 38.0 Å². The molecule has 0 spiro atoms. The highest BCUT2D eigenvalue weighted by Crippen LogP contribution is 2.25. The van der Waals surface area contributed by atoms with Gasteiger partial charge in [-0.3, -0.25) is 4.79 Å². The van der Waals surface area contributed by atoms with Crippen LogP contribution in [-0.4, -0.2) is 55.0 Å². The van der Waals surface area contributed by atoms with Crippen LogP contribution >= 0.6 is 0 Å². The molecule has 2 saturated heterocycles. The van der Waals surface area contributed by atoms with E-state index in [1.54, 1.807) is 0 Å². The monoisotopic (exact) mass is 302 g/mol. The maximum atomic E-state index is 12.6. The number of likely N-dealkylation sites (tertiary alicyclic amines) is 1. The van der Waals surface area contributed by atoms with Crippen LogP contribution in [0.5, 0.6) is 0 Å². The maximum absolute atomic E-state index is 12.6. The molecule has 2 aliphatic rings. The zero-order valence-electron chi connectivity index (χ0n) is 12.5. The zero-order chi connectivity index (χ0) is 14.8. The Morgan fingerprint density at radius 2 is 1.80 bits per heavy atom. The number of nitrogens with zero attached hydrogens (tertiary/aromatic N) is 2. The Hall–Kier alpha value is -0.620. The highest BCUT2D eigenvalue weighted by molar-refractivity contribution is 7.89. The molecule has 5 nitrogen and oxygen atoms in total. The van der Waals surface area contributed by atoms with Crippen molar-refractivity contribution in [3.05, 3.63) is 0 Å². The van der Waals surface area contributed by atoms with Gasteiger partial charge in [0.15, 0.2) is 0 Å². The molecule has 0 radical (unpaired) electrons. The lowest BCUT2D eigenvalue weighted by Crippen LogP contribution is -2.50. The number of sulfonamides is 1. The van der Waals surface area contributed by atoms with Gasteiger partial charge in [0.05, 0.1) is 5.75 Å². The van der Waals surface area contributed by atoms with Crippen LogP contribution < -0.4 is 0 Å². The molecule has 0 saturated carbocycles. The van der Waals surface area contributed by atoms with Crippen LogP contribution in [0.15, 0.2) is 0 Å². The molecule has 2 aliphatic heterocycles. The van der Waals surface area contributed by atoms with E-state index in [1.165, 1.54) is 4.31 Å². The predicted molar refractivity (Wildman–Crippen MR) is 78.8 cm³/mol. The van der Waals surface area contributed by atoms with Crippen LogP contribution in [-0.2, 0) is 14.8 Å². The Kier molecular flexibility index (Phi) is 5.07. The van der Waals surface area contributed by atoms with Crippen LogP contribution in [0, 0.1) is 5.92 Å². The highest BCUT2D eigenvalue weighted by Gasteiger charge is 2.40. The van der Waals surface area contributed by atoms with Crippen LogP contribution in [0.2, 0.25) is 0 Å². The summed E-state index contributed by atoms with van der Waals surface area (Å²) in [7, 11) is -3.27.